The van der Waals surface area contributed by atoms with Crippen molar-refractivity contribution in [2.24, 2.45) is 0 Å². The Bertz CT molecular complexity index is 775. The maximum absolute atomic E-state index is 13.0. The largest absolute Gasteiger partial charge is 0.277 e. The lowest BCUT2D eigenvalue weighted by molar-refractivity contribution is -0.114. The highest BCUT2D eigenvalue weighted by Gasteiger charge is 2.18. The molecule has 0 spiro atoms. The predicted molar refractivity (Wildman–Crippen MR) is 149 cm³/mol. The number of carbonyl (C=O) groups is 1. The second kappa shape index (κ2) is 16.3. The Morgan fingerprint density at radius 3 is 1.32 bits per heavy atom. The van der Waals surface area contributed by atoms with Gasteiger partial charge >= 0.3 is 0 Å². The molecule has 0 aliphatic carbocycles. The van der Waals surface area contributed by atoms with Gasteiger partial charge in [-0.1, -0.05) is 109 Å². The average molecular weight is 462 g/mol. The van der Waals surface area contributed by atoms with E-state index in [2.05, 4.69) is 69.0 Å². The predicted octanol–water partition coefficient (Wildman–Crippen LogP) is 9.73. The Hall–Kier alpha value is -2.35. The number of hydrogen-bond acceptors (Lipinski definition) is 1. The maximum atomic E-state index is 13.0. The molecule has 0 heterocycles. The number of rotatable bonds is 17. The highest BCUT2D eigenvalue weighted by Crippen LogP contribution is 2.28. The first kappa shape index (κ1) is 27.9. The maximum Gasteiger partial charge on any atom is 0.257 e. The van der Waals surface area contributed by atoms with Gasteiger partial charge in [0.05, 0.1) is 0 Å². The summed E-state index contributed by atoms with van der Waals surface area (Å²) in [5, 5.41) is 0. The third-order valence-electron chi connectivity index (χ3n) is 6.60. The first-order chi connectivity index (χ1) is 16.6. The lowest BCUT2D eigenvalue weighted by Gasteiger charge is -2.24. The summed E-state index contributed by atoms with van der Waals surface area (Å²) in [6.07, 6.45) is 17.9. The molecule has 2 nitrogen and oxygen atoms in total. The zero-order chi connectivity index (χ0) is 24.6. The molecule has 0 bridgehead atoms. The van der Waals surface area contributed by atoms with Crippen LogP contribution in [-0.4, -0.2) is 5.91 Å². The smallest absolute Gasteiger partial charge is 0.257 e. The van der Waals surface area contributed by atoms with Gasteiger partial charge in [0.25, 0.3) is 5.91 Å². The van der Waals surface area contributed by atoms with Crippen molar-refractivity contribution in [2.75, 3.05) is 4.90 Å². The van der Waals surface area contributed by atoms with Gasteiger partial charge in [-0.15, -0.1) is 0 Å². The molecule has 0 aromatic heterocycles. The number of aryl methyl sites for hydroxylation is 2. The number of unbranched alkanes of at least 4 members (excludes halogenated alkanes) is 10. The van der Waals surface area contributed by atoms with Crippen LogP contribution in [0.3, 0.4) is 0 Å². The molecule has 2 heteroatoms. The summed E-state index contributed by atoms with van der Waals surface area (Å²) in [4.78, 5) is 14.8. The zero-order valence-electron chi connectivity index (χ0n) is 22.1. The third-order valence-corrected chi connectivity index (χ3v) is 6.60. The van der Waals surface area contributed by atoms with Gasteiger partial charge in [-0.2, -0.15) is 0 Å². The van der Waals surface area contributed by atoms with Crippen LogP contribution in [0.2, 0.25) is 0 Å². The van der Waals surface area contributed by atoms with Crippen molar-refractivity contribution < 1.29 is 4.79 Å². The molecule has 0 fully saturated rings. The SMILES string of the molecule is C=C(C)C(=O)N(c1ccc(CCCCCCCC)cc1)c1ccc(CCCCCCCC)cc1. The minimum Gasteiger partial charge on any atom is -0.277 e. The van der Waals surface area contributed by atoms with Crippen molar-refractivity contribution in [2.45, 2.75) is 111 Å². The molecule has 34 heavy (non-hydrogen) atoms. The van der Waals surface area contributed by atoms with Crippen LogP contribution >= 0.6 is 0 Å². The molecular weight excluding hydrogens is 414 g/mol. The van der Waals surface area contributed by atoms with E-state index in [1.54, 1.807) is 11.8 Å². The van der Waals surface area contributed by atoms with E-state index in [1.165, 1.54) is 88.2 Å². The molecular formula is C32H47NO. The van der Waals surface area contributed by atoms with Crippen LogP contribution in [0.25, 0.3) is 0 Å². The summed E-state index contributed by atoms with van der Waals surface area (Å²) in [5.74, 6) is -0.0488. The van der Waals surface area contributed by atoms with Gasteiger partial charge in [-0.3, -0.25) is 9.69 Å². The highest BCUT2D eigenvalue weighted by molar-refractivity contribution is 6.09. The fraction of sp³-hybridized carbons (Fsp3) is 0.531. The zero-order valence-corrected chi connectivity index (χ0v) is 22.1. The summed E-state index contributed by atoms with van der Waals surface area (Å²) < 4.78 is 0. The molecule has 1 amide bonds. The number of amides is 1. The van der Waals surface area contributed by atoms with Crippen LogP contribution in [0.5, 0.6) is 0 Å². The van der Waals surface area contributed by atoms with E-state index in [-0.39, 0.29) is 5.91 Å². The molecule has 2 aromatic carbocycles. The van der Waals surface area contributed by atoms with Crippen LogP contribution in [0.4, 0.5) is 11.4 Å². The van der Waals surface area contributed by atoms with Crippen LogP contribution in [0.1, 0.15) is 109 Å². The summed E-state index contributed by atoms with van der Waals surface area (Å²) in [6.45, 7) is 10.2. The van der Waals surface area contributed by atoms with Gasteiger partial charge in [0.1, 0.15) is 0 Å². The second-order valence-corrected chi connectivity index (χ2v) is 9.79. The lowest BCUT2D eigenvalue weighted by Crippen LogP contribution is -2.26. The molecule has 186 valence electrons. The van der Waals surface area contributed by atoms with Crippen LogP contribution in [0.15, 0.2) is 60.7 Å². The van der Waals surface area contributed by atoms with Gasteiger partial charge in [-0.25, -0.2) is 0 Å². The Labute approximate surface area is 209 Å². The van der Waals surface area contributed by atoms with Gasteiger partial charge in [0.2, 0.25) is 0 Å². The van der Waals surface area contributed by atoms with E-state index in [4.69, 9.17) is 0 Å². The molecule has 0 saturated carbocycles. The molecule has 0 radical (unpaired) electrons. The van der Waals surface area contributed by atoms with E-state index in [1.807, 2.05) is 0 Å². The van der Waals surface area contributed by atoms with E-state index < -0.39 is 0 Å². The average Bonchev–Trinajstić information content (AvgIpc) is 2.85. The molecule has 0 saturated heterocycles. The summed E-state index contributed by atoms with van der Waals surface area (Å²) in [7, 11) is 0. The highest BCUT2D eigenvalue weighted by atomic mass is 16.2. The first-order valence-electron chi connectivity index (χ1n) is 13.7. The van der Waals surface area contributed by atoms with Gasteiger partial charge in [0.15, 0.2) is 0 Å². The van der Waals surface area contributed by atoms with Crippen molar-refractivity contribution in [3.8, 4) is 0 Å². The molecule has 2 aromatic rings. The van der Waals surface area contributed by atoms with E-state index in [0.717, 1.165) is 24.2 Å². The van der Waals surface area contributed by atoms with Crippen LogP contribution < -0.4 is 4.90 Å². The lowest BCUT2D eigenvalue weighted by atomic mass is 10.0. The summed E-state index contributed by atoms with van der Waals surface area (Å²) >= 11 is 0. The first-order valence-corrected chi connectivity index (χ1v) is 13.7. The fourth-order valence-corrected chi connectivity index (χ4v) is 4.42. The Kier molecular flexibility index (Phi) is 13.4. The van der Waals surface area contributed by atoms with Crippen molar-refractivity contribution in [1.82, 2.24) is 0 Å². The van der Waals surface area contributed by atoms with Crippen molar-refractivity contribution in [3.05, 3.63) is 71.8 Å². The third kappa shape index (κ3) is 9.87. The Balaban J connectivity index is 1.98. The Morgan fingerprint density at radius 2 is 0.971 bits per heavy atom. The van der Waals surface area contributed by atoms with Crippen molar-refractivity contribution in [1.29, 1.82) is 0 Å². The van der Waals surface area contributed by atoms with E-state index >= 15 is 0 Å². The Morgan fingerprint density at radius 1 is 0.618 bits per heavy atom. The van der Waals surface area contributed by atoms with Gasteiger partial charge in [-0.05, 0) is 68.0 Å². The molecule has 0 aliphatic heterocycles. The standard InChI is InChI=1S/C32H47NO/c1-5-7-9-11-13-15-17-28-19-23-30(24-20-28)33(32(34)27(3)4)31-25-21-29(22-26-31)18-16-14-12-10-8-6-2/h19-26H,3,5-18H2,1-2,4H3. The minimum absolute atomic E-state index is 0.0488. The van der Waals surface area contributed by atoms with Crippen LogP contribution in [-0.2, 0) is 17.6 Å². The number of nitrogens with zero attached hydrogens (tertiary/aromatic N) is 1. The topological polar surface area (TPSA) is 20.3 Å². The number of anilines is 2. The van der Waals surface area contributed by atoms with Gasteiger partial charge < -0.3 is 0 Å². The van der Waals surface area contributed by atoms with Crippen molar-refractivity contribution in [3.63, 3.8) is 0 Å². The summed E-state index contributed by atoms with van der Waals surface area (Å²) in [5.41, 5.74) is 5.05. The fourth-order valence-electron chi connectivity index (χ4n) is 4.42. The normalized spacial score (nSPS) is 10.9. The molecule has 2 rings (SSSR count). The monoisotopic (exact) mass is 461 g/mol. The van der Waals surface area contributed by atoms with Crippen LogP contribution in [0, 0.1) is 0 Å². The number of benzene rings is 2. The molecule has 0 aliphatic rings. The molecule has 0 unspecified atom stereocenters. The quantitative estimate of drug-likeness (QED) is 0.169. The van der Waals surface area contributed by atoms with Crippen molar-refractivity contribution >= 4 is 17.3 Å². The van der Waals surface area contributed by atoms with E-state index in [9.17, 15) is 4.79 Å². The number of hydrogen-bond donors (Lipinski definition) is 0. The minimum atomic E-state index is -0.0488. The summed E-state index contributed by atoms with van der Waals surface area (Å²) in [6, 6.07) is 17.0. The van der Waals surface area contributed by atoms with Gasteiger partial charge in [0, 0.05) is 16.9 Å². The second-order valence-electron chi connectivity index (χ2n) is 9.79. The molecule has 0 N–H and O–H groups in total. The van der Waals surface area contributed by atoms with E-state index in [0.29, 0.717) is 5.57 Å². The number of carbonyl (C=O) groups excluding carboxylic acids is 1. The molecule has 0 atom stereocenters.